The normalized spacial score (nSPS) is 13.6. The van der Waals surface area contributed by atoms with Crippen LogP contribution >= 0.6 is 11.3 Å². The summed E-state index contributed by atoms with van der Waals surface area (Å²) < 4.78 is 0. The maximum absolute atomic E-state index is 13.8. The zero-order valence-electron chi connectivity index (χ0n) is 29.5. The highest BCUT2D eigenvalue weighted by Crippen LogP contribution is 2.21. The summed E-state index contributed by atoms with van der Waals surface area (Å²) in [4.78, 5) is 46.3. The number of hydrogen-bond donors (Lipinski definition) is 3. The minimum Gasteiger partial charge on any atom is -0.353 e. The van der Waals surface area contributed by atoms with Crippen molar-refractivity contribution in [3.8, 4) is 0 Å². The number of thiazole rings is 1. The van der Waals surface area contributed by atoms with Crippen LogP contribution in [-0.4, -0.2) is 52.9 Å². The van der Waals surface area contributed by atoms with Crippen LogP contribution in [0.3, 0.4) is 0 Å². The first-order valence-corrected chi connectivity index (χ1v) is 17.7. The number of amides is 4. The second-order valence-corrected chi connectivity index (χ2v) is 15.4. The fraction of sp³-hybridized carbons (Fsp3) is 0.526. The van der Waals surface area contributed by atoms with Gasteiger partial charge in [0, 0.05) is 36.9 Å². The van der Waals surface area contributed by atoms with Gasteiger partial charge in [0.05, 0.1) is 17.2 Å². The fourth-order valence-electron chi connectivity index (χ4n) is 5.45. The van der Waals surface area contributed by atoms with Crippen molar-refractivity contribution < 1.29 is 14.4 Å². The van der Waals surface area contributed by atoms with E-state index < -0.39 is 6.04 Å². The first-order valence-electron chi connectivity index (χ1n) is 16.8. The molecule has 0 fully saturated rings. The van der Waals surface area contributed by atoms with E-state index >= 15 is 0 Å². The van der Waals surface area contributed by atoms with E-state index in [2.05, 4.69) is 79.8 Å². The summed E-state index contributed by atoms with van der Waals surface area (Å²) in [6, 6.07) is 19.0. The van der Waals surface area contributed by atoms with Gasteiger partial charge in [-0.15, -0.1) is 11.3 Å². The molecular formula is C38H55N5O3S. The largest absolute Gasteiger partial charge is 0.353 e. The lowest BCUT2D eigenvalue weighted by atomic mass is 9.91. The SMILES string of the molecule is CC(C)c1nc(CN(C)C(=O)N[C@H](C(=O)N[C@H](CC[C@H](Cc2ccccc2)NC(=O)CC(C)(C)C)Cc2ccccc2)C(C)C)cs1. The van der Waals surface area contributed by atoms with Crippen LogP contribution in [-0.2, 0) is 29.0 Å². The van der Waals surface area contributed by atoms with Gasteiger partial charge >= 0.3 is 6.03 Å². The van der Waals surface area contributed by atoms with E-state index in [1.165, 1.54) is 0 Å². The summed E-state index contributed by atoms with van der Waals surface area (Å²) in [7, 11) is 1.72. The molecule has 4 amide bonds. The van der Waals surface area contributed by atoms with Gasteiger partial charge in [0.25, 0.3) is 0 Å². The maximum atomic E-state index is 13.8. The van der Waals surface area contributed by atoms with Crippen LogP contribution in [0.1, 0.15) is 95.5 Å². The third kappa shape index (κ3) is 13.5. The zero-order chi connectivity index (χ0) is 34.6. The fourth-order valence-corrected chi connectivity index (χ4v) is 6.28. The molecule has 1 aromatic heterocycles. The van der Waals surface area contributed by atoms with Crippen LogP contribution in [0.2, 0.25) is 0 Å². The molecule has 8 nitrogen and oxygen atoms in total. The summed E-state index contributed by atoms with van der Waals surface area (Å²) >= 11 is 1.60. The Hall–Kier alpha value is -3.72. The van der Waals surface area contributed by atoms with Crippen LogP contribution in [0.4, 0.5) is 4.79 Å². The van der Waals surface area contributed by atoms with E-state index in [-0.39, 0.29) is 41.3 Å². The Bertz CT molecular complexity index is 1400. The van der Waals surface area contributed by atoms with Crippen molar-refractivity contribution in [2.75, 3.05) is 7.05 Å². The predicted octanol–water partition coefficient (Wildman–Crippen LogP) is 7.10. The monoisotopic (exact) mass is 661 g/mol. The number of benzene rings is 2. The average molecular weight is 662 g/mol. The number of urea groups is 1. The van der Waals surface area contributed by atoms with E-state index in [0.717, 1.165) is 21.8 Å². The van der Waals surface area contributed by atoms with Crippen LogP contribution in [0, 0.1) is 11.3 Å². The van der Waals surface area contributed by atoms with Crippen molar-refractivity contribution in [3.63, 3.8) is 0 Å². The molecule has 0 aliphatic heterocycles. The smallest absolute Gasteiger partial charge is 0.318 e. The van der Waals surface area contributed by atoms with Crippen LogP contribution in [0.5, 0.6) is 0 Å². The molecule has 3 atom stereocenters. The molecule has 47 heavy (non-hydrogen) atoms. The van der Waals surface area contributed by atoms with Crippen molar-refractivity contribution in [1.82, 2.24) is 25.8 Å². The maximum Gasteiger partial charge on any atom is 0.318 e. The summed E-state index contributed by atoms with van der Waals surface area (Å²) in [5.41, 5.74) is 2.99. The predicted molar refractivity (Wildman–Crippen MR) is 192 cm³/mol. The summed E-state index contributed by atoms with van der Waals surface area (Å²) in [6.45, 7) is 14.6. The highest BCUT2D eigenvalue weighted by atomic mass is 32.1. The van der Waals surface area contributed by atoms with Crippen molar-refractivity contribution in [2.24, 2.45) is 11.3 Å². The molecule has 0 unspecified atom stereocenters. The number of rotatable bonds is 16. The zero-order valence-corrected chi connectivity index (χ0v) is 30.3. The van der Waals surface area contributed by atoms with Crippen LogP contribution in [0.25, 0.3) is 0 Å². The Kier molecular flexibility index (Phi) is 14.4. The Labute approximate surface area is 286 Å². The van der Waals surface area contributed by atoms with E-state index in [0.29, 0.717) is 44.6 Å². The number of hydrogen-bond acceptors (Lipinski definition) is 5. The van der Waals surface area contributed by atoms with Gasteiger partial charge in [-0.3, -0.25) is 9.59 Å². The number of nitrogens with zero attached hydrogens (tertiary/aromatic N) is 2. The van der Waals surface area contributed by atoms with Crippen LogP contribution in [0.15, 0.2) is 66.0 Å². The van der Waals surface area contributed by atoms with Crippen LogP contribution < -0.4 is 16.0 Å². The second kappa shape index (κ2) is 18.0. The van der Waals surface area contributed by atoms with E-state index in [9.17, 15) is 14.4 Å². The minimum absolute atomic E-state index is 0.0341. The quantitative estimate of drug-likeness (QED) is 0.152. The first-order chi connectivity index (χ1) is 22.2. The highest BCUT2D eigenvalue weighted by Gasteiger charge is 2.28. The van der Waals surface area contributed by atoms with Gasteiger partial charge in [0.15, 0.2) is 0 Å². The molecular weight excluding hydrogens is 607 g/mol. The van der Waals surface area contributed by atoms with Gasteiger partial charge in [-0.25, -0.2) is 9.78 Å². The molecule has 2 aromatic carbocycles. The molecule has 0 radical (unpaired) electrons. The molecule has 3 aromatic rings. The van der Waals surface area contributed by atoms with Gasteiger partial charge < -0.3 is 20.9 Å². The third-order valence-corrected chi connectivity index (χ3v) is 9.15. The van der Waals surface area contributed by atoms with Gasteiger partial charge in [-0.1, -0.05) is 109 Å². The van der Waals surface area contributed by atoms with Crippen molar-refractivity contribution in [2.45, 2.75) is 111 Å². The second-order valence-electron chi connectivity index (χ2n) is 14.5. The lowest BCUT2D eigenvalue weighted by molar-refractivity contribution is -0.125. The summed E-state index contributed by atoms with van der Waals surface area (Å²) in [5, 5.41) is 12.6. The van der Waals surface area contributed by atoms with Crippen molar-refractivity contribution in [1.29, 1.82) is 0 Å². The Morgan fingerprint density at radius 3 is 1.81 bits per heavy atom. The number of carbonyl (C=O) groups excluding carboxylic acids is 3. The molecule has 256 valence electrons. The van der Waals surface area contributed by atoms with Gasteiger partial charge in [0.1, 0.15) is 6.04 Å². The minimum atomic E-state index is -0.712. The molecule has 1 heterocycles. The molecule has 0 aliphatic carbocycles. The summed E-state index contributed by atoms with van der Waals surface area (Å²) in [6.07, 6.45) is 3.14. The first kappa shape index (κ1) is 37.7. The van der Waals surface area contributed by atoms with E-state index in [4.69, 9.17) is 0 Å². The van der Waals surface area contributed by atoms with Crippen molar-refractivity contribution in [3.05, 3.63) is 87.9 Å². The number of aromatic nitrogens is 1. The highest BCUT2D eigenvalue weighted by molar-refractivity contribution is 7.09. The Balaban J connectivity index is 1.72. The number of nitrogens with one attached hydrogen (secondary N) is 3. The van der Waals surface area contributed by atoms with Gasteiger partial charge in [0.2, 0.25) is 11.8 Å². The topological polar surface area (TPSA) is 103 Å². The molecule has 3 N–H and O–H groups in total. The average Bonchev–Trinajstić information content (AvgIpc) is 3.47. The van der Waals surface area contributed by atoms with E-state index in [1.807, 2.05) is 55.6 Å². The molecule has 0 saturated carbocycles. The van der Waals surface area contributed by atoms with Gasteiger partial charge in [-0.05, 0) is 48.1 Å². The lowest BCUT2D eigenvalue weighted by Gasteiger charge is -2.29. The van der Waals surface area contributed by atoms with Gasteiger partial charge in [-0.2, -0.15) is 0 Å². The molecule has 9 heteroatoms. The molecule has 3 rings (SSSR count). The van der Waals surface area contributed by atoms with Crippen molar-refractivity contribution >= 4 is 29.2 Å². The summed E-state index contributed by atoms with van der Waals surface area (Å²) in [5.74, 6) is 0.0276. The molecule has 0 bridgehead atoms. The molecule has 0 saturated heterocycles. The molecule has 0 spiro atoms. The standard InChI is InChI=1S/C38H55N5O3S/c1-26(2)34(42-37(46)43(8)24-32-25-47-36(41-32)27(3)4)35(45)40-31(22-29-17-13-10-14-18-29)20-19-30(21-28-15-11-9-12-16-28)39-33(44)23-38(5,6)7/h9-18,25-27,30-31,34H,19-24H2,1-8H3,(H,39,44)(H,40,45)(H,42,46)/t30-,31-,34+/m1/s1. The third-order valence-electron chi connectivity index (χ3n) is 7.95. The Morgan fingerprint density at radius 2 is 1.34 bits per heavy atom. The molecule has 0 aliphatic rings. The lowest BCUT2D eigenvalue weighted by Crippen LogP contribution is -2.54. The Morgan fingerprint density at radius 1 is 0.809 bits per heavy atom. The number of carbonyl (C=O) groups is 3. The van der Waals surface area contributed by atoms with E-state index in [1.54, 1.807) is 23.3 Å².